The van der Waals surface area contributed by atoms with E-state index in [0.717, 1.165) is 5.56 Å². The lowest BCUT2D eigenvalue weighted by Crippen LogP contribution is -2.12. The number of benzene rings is 1. The van der Waals surface area contributed by atoms with Crippen molar-refractivity contribution in [3.63, 3.8) is 0 Å². The molecule has 4 heteroatoms. The van der Waals surface area contributed by atoms with Gasteiger partial charge < -0.3 is 9.47 Å². The molecule has 0 aromatic heterocycles. The Labute approximate surface area is 140 Å². The molecular formula is C19H30O4. The minimum Gasteiger partial charge on any atom is -0.465 e. The van der Waals surface area contributed by atoms with E-state index in [9.17, 15) is 9.59 Å². The molecule has 0 N–H and O–H groups in total. The smallest absolute Gasteiger partial charge is 0.310 e. The summed E-state index contributed by atoms with van der Waals surface area (Å²) in [5.41, 5.74) is 1.00. The molecule has 0 heterocycles. The zero-order chi connectivity index (χ0) is 17.7. The van der Waals surface area contributed by atoms with E-state index >= 15 is 0 Å². The first kappa shape index (κ1) is 21.2. The highest BCUT2D eigenvalue weighted by atomic mass is 16.5. The number of carbonyl (C=O) groups excluding carboxylic acids is 2. The van der Waals surface area contributed by atoms with Gasteiger partial charge in [0.15, 0.2) is 0 Å². The molecule has 1 aromatic rings. The van der Waals surface area contributed by atoms with Crippen LogP contribution in [0.1, 0.15) is 46.6 Å². The Bertz CT molecular complexity index is 438. The highest BCUT2D eigenvalue weighted by Crippen LogP contribution is 2.02. The molecule has 0 unspecified atom stereocenters. The molecule has 0 spiro atoms. The summed E-state index contributed by atoms with van der Waals surface area (Å²) in [5.74, 6) is 0.587. The standard InChI is InChI=1S/C12H16O2.C7H14O2/c1-10(2)9-14-12(13)8-11-6-4-3-5-7-11;1-4-7(8)9-5-6(2)3/h3-7,10H,8-9H2,1-2H3;6H,4-5H2,1-3H3. The Kier molecular flexibility index (Phi) is 11.7. The monoisotopic (exact) mass is 322 g/mol. The molecule has 4 nitrogen and oxygen atoms in total. The van der Waals surface area contributed by atoms with E-state index in [1.165, 1.54) is 0 Å². The van der Waals surface area contributed by atoms with Gasteiger partial charge in [0.25, 0.3) is 0 Å². The lowest BCUT2D eigenvalue weighted by molar-refractivity contribution is -0.145. The molecule has 0 bridgehead atoms. The van der Waals surface area contributed by atoms with Crippen molar-refractivity contribution < 1.29 is 19.1 Å². The van der Waals surface area contributed by atoms with Crippen molar-refractivity contribution in [2.45, 2.75) is 47.5 Å². The molecule has 1 rings (SSSR count). The Hall–Kier alpha value is -1.84. The first-order chi connectivity index (χ1) is 10.8. The molecule has 0 aliphatic carbocycles. The normalized spacial score (nSPS) is 10.0. The maximum atomic E-state index is 11.3. The molecule has 1 aromatic carbocycles. The van der Waals surface area contributed by atoms with Crippen LogP contribution in [0.4, 0.5) is 0 Å². The maximum absolute atomic E-state index is 11.3. The third kappa shape index (κ3) is 13.5. The minimum absolute atomic E-state index is 0.108. The summed E-state index contributed by atoms with van der Waals surface area (Å²) in [5, 5.41) is 0. The van der Waals surface area contributed by atoms with Crippen LogP contribution in [0.3, 0.4) is 0 Å². The number of hydrogen-bond donors (Lipinski definition) is 0. The van der Waals surface area contributed by atoms with Gasteiger partial charge >= 0.3 is 11.9 Å². The van der Waals surface area contributed by atoms with Gasteiger partial charge in [0, 0.05) is 6.42 Å². The lowest BCUT2D eigenvalue weighted by atomic mass is 10.1. The van der Waals surface area contributed by atoms with Gasteiger partial charge in [-0.15, -0.1) is 0 Å². The highest BCUT2D eigenvalue weighted by molar-refractivity contribution is 5.72. The number of ether oxygens (including phenoxy) is 2. The van der Waals surface area contributed by atoms with Gasteiger partial charge in [0.05, 0.1) is 19.6 Å². The first-order valence-electron chi connectivity index (χ1n) is 8.20. The van der Waals surface area contributed by atoms with Crippen LogP contribution in [0.2, 0.25) is 0 Å². The van der Waals surface area contributed by atoms with Gasteiger partial charge in [-0.2, -0.15) is 0 Å². The second-order valence-corrected chi connectivity index (χ2v) is 6.17. The van der Waals surface area contributed by atoms with Crippen LogP contribution in [0.15, 0.2) is 30.3 Å². The number of rotatable bonds is 7. The highest BCUT2D eigenvalue weighted by Gasteiger charge is 2.04. The van der Waals surface area contributed by atoms with Crippen LogP contribution < -0.4 is 0 Å². The van der Waals surface area contributed by atoms with Crippen molar-refractivity contribution in [3.05, 3.63) is 35.9 Å². The van der Waals surface area contributed by atoms with Gasteiger partial charge in [-0.1, -0.05) is 65.0 Å². The average molecular weight is 322 g/mol. The maximum Gasteiger partial charge on any atom is 0.310 e. The minimum atomic E-state index is -0.148. The predicted octanol–water partition coefficient (Wildman–Crippen LogP) is 4.02. The molecule has 0 saturated carbocycles. The van der Waals surface area contributed by atoms with E-state index in [0.29, 0.717) is 37.9 Å². The van der Waals surface area contributed by atoms with Gasteiger partial charge in [-0.3, -0.25) is 9.59 Å². The van der Waals surface area contributed by atoms with Crippen LogP contribution in [0.5, 0.6) is 0 Å². The van der Waals surface area contributed by atoms with Crippen molar-refractivity contribution in [2.24, 2.45) is 11.8 Å². The Balaban J connectivity index is 0.000000468. The van der Waals surface area contributed by atoms with Crippen LogP contribution in [0.25, 0.3) is 0 Å². The van der Waals surface area contributed by atoms with Crippen molar-refractivity contribution in [1.29, 1.82) is 0 Å². The third-order valence-corrected chi connectivity index (χ3v) is 2.64. The molecule has 0 saturated heterocycles. The van der Waals surface area contributed by atoms with Crippen molar-refractivity contribution >= 4 is 11.9 Å². The van der Waals surface area contributed by atoms with Crippen molar-refractivity contribution in [3.8, 4) is 0 Å². The fourth-order valence-electron chi connectivity index (χ4n) is 1.43. The van der Waals surface area contributed by atoms with E-state index in [2.05, 4.69) is 0 Å². The molecule has 130 valence electrons. The third-order valence-electron chi connectivity index (χ3n) is 2.64. The first-order valence-corrected chi connectivity index (χ1v) is 8.20. The topological polar surface area (TPSA) is 52.6 Å². The summed E-state index contributed by atoms with van der Waals surface area (Å²) in [6.07, 6.45) is 0.847. The Morgan fingerprint density at radius 1 is 0.870 bits per heavy atom. The second kappa shape index (κ2) is 12.7. The van der Waals surface area contributed by atoms with E-state index in [-0.39, 0.29) is 11.9 Å². The van der Waals surface area contributed by atoms with Gasteiger partial charge in [0.2, 0.25) is 0 Å². The van der Waals surface area contributed by atoms with Crippen molar-refractivity contribution in [1.82, 2.24) is 0 Å². The van der Waals surface area contributed by atoms with Gasteiger partial charge in [-0.05, 0) is 17.4 Å². The molecule has 0 aliphatic rings. The number of carbonyl (C=O) groups is 2. The summed E-state index contributed by atoms with van der Waals surface area (Å²) < 4.78 is 9.88. The van der Waals surface area contributed by atoms with Crippen LogP contribution in [-0.4, -0.2) is 25.2 Å². The predicted molar refractivity (Wildman–Crippen MR) is 92.0 cm³/mol. The van der Waals surface area contributed by atoms with E-state index in [1.807, 2.05) is 58.0 Å². The van der Waals surface area contributed by atoms with E-state index < -0.39 is 0 Å². The molecule has 0 aliphatic heterocycles. The molecule has 0 atom stereocenters. The molecule has 0 radical (unpaired) electrons. The van der Waals surface area contributed by atoms with E-state index in [4.69, 9.17) is 9.47 Å². The summed E-state index contributed by atoms with van der Waals surface area (Å²) in [6.45, 7) is 10.9. The number of esters is 2. The van der Waals surface area contributed by atoms with Crippen LogP contribution in [0, 0.1) is 11.8 Å². The Morgan fingerprint density at radius 3 is 1.78 bits per heavy atom. The second-order valence-electron chi connectivity index (χ2n) is 6.17. The van der Waals surface area contributed by atoms with Gasteiger partial charge in [0.1, 0.15) is 0 Å². The fraction of sp³-hybridized carbons (Fsp3) is 0.579. The summed E-state index contributed by atoms with van der Waals surface area (Å²) in [6, 6.07) is 9.63. The summed E-state index contributed by atoms with van der Waals surface area (Å²) >= 11 is 0. The largest absolute Gasteiger partial charge is 0.465 e. The lowest BCUT2D eigenvalue weighted by Gasteiger charge is -2.06. The molecule has 0 fully saturated rings. The molecule has 0 amide bonds. The summed E-state index contributed by atoms with van der Waals surface area (Å²) in [7, 11) is 0. The van der Waals surface area contributed by atoms with Gasteiger partial charge in [-0.25, -0.2) is 0 Å². The Morgan fingerprint density at radius 2 is 1.35 bits per heavy atom. The van der Waals surface area contributed by atoms with E-state index in [1.54, 1.807) is 6.92 Å². The van der Waals surface area contributed by atoms with Crippen molar-refractivity contribution in [2.75, 3.05) is 13.2 Å². The summed E-state index contributed by atoms with van der Waals surface area (Å²) in [4.78, 5) is 21.8. The zero-order valence-electron chi connectivity index (χ0n) is 15.0. The molecular weight excluding hydrogens is 292 g/mol. The fourth-order valence-corrected chi connectivity index (χ4v) is 1.43. The number of hydrogen-bond acceptors (Lipinski definition) is 4. The molecule has 23 heavy (non-hydrogen) atoms. The quantitative estimate of drug-likeness (QED) is 0.711. The van der Waals surface area contributed by atoms with Crippen LogP contribution >= 0.6 is 0 Å². The zero-order valence-corrected chi connectivity index (χ0v) is 15.0. The van der Waals surface area contributed by atoms with Crippen LogP contribution in [-0.2, 0) is 25.5 Å². The SMILES string of the molecule is CC(C)COC(=O)Cc1ccccc1.CCC(=O)OCC(C)C. The average Bonchev–Trinajstić information content (AvgIpc) is 2.52.